The van der Waals surface area contributed by atoms with Crippen molar-refractivity contribution in [1.29, 1.82) is 0 Å². The quantitative estimate of drug-likeness (QED) is 0.0893. The van der Waals surface area contributed by atoms with Gasteiger partial charge in [-0.3, -0.25) is 9.59 Å². The number of nitrogens with one attached hydrogen (secondary N) is 1. The van der Waals surface area contributed by atoms with Gasteiger partial charge in [0.25, 0.3) is 0 Å². The van der Waals surface area contributed by atoms with Crippen molar-refractivity contribution in [2.24, 2.45) is 11.6 Å². The number of quaternary nitrogens is 1. The van der Waals surface area contributed by atoms with Gasteiger partial charge in [-0.15, -0.1) is 0 Å². The Morgan fingerprint density at radius 1 is 1.20 bits per heavy atom. The fourth-order valence-corrected chi connectivity index (χ4v) is 4.05. The molecule has 1 aromatic rings. The molecule has 0 aromatic heterocycles. The van der Waals surface area contributed by atoms with Crippen LogP contribution < -0.4 is 26.4 Å². The van der Waals surface area contributed by atoms with Gasteiger partial charge in [0.15, 0.2) is 11.5 Å². The van der Waals surface area contributed by atoms with E-state index in [2.05, 4.69) is 12.2 Å². The zero-order valence-corrected chi connectivity index (χ0v) is 21.4. The highest BCUT2D eigenvalue weighted by atomic mass is 16.6. The molecule has 196 valence electrons. The number of unbranched alkanes of at least 4 members (excludes halogenated alkanes) is 1. The summed E-state index contributed by atoms with van der Waals surface area (Å²) >= 11 is 0. The number of nitrogens with zero attached hydrogens (tertiary/aromatic N) is 2. The smallest absolute Gasteiger partial charge is 0.308 e. The van der Waals surface area contributed by atoms with E-state index in [1.807, 2.05) is 19.1 Å². The van der Waals surface area contributed by atoms with Gasteiger partial charge in [0, 0.05) is 38.2 Å². The molecule has 0 atom stereocenters. The van der Waals surface area contributed by atoms with Crippen LogP contribution in [-0.2, 0) is 20.9 Å². The Morgan fingerprint density at radius 2 is 1.94 bits per heavy atom. The van der Waals surface area contributed by atoms with Crippen LogP contribution in [0.15, 0.2) is 30.1 Å². The largest absolute Gasteiger partial charge is 0.483 e. The molecular formula is C25H42N5O5+. The lowest BCUT2D eigenvalue weighted by molar-refractivity contribution is -0.946. The second kappa shape index (κ2) is 14.6. The Morgan fingerprint density at radius 3 is 2.60 bits per heavy atom. The number of amides is 1. The molecule has 0 radical (unpaired) electrons. The van der Waals surface area contributed by atoms with Crippen LogP contribution in [0, 0.1) is 0 Å². The van der Waals surface area contributed by atoms with Crippen LogP contribution in [0.3, 0.4) is 0 Å². The number of hydrazine groups is 1. The summed E-state index contributed by atoms with van der Waals surface area (Å²) < 4.78 is 17.8. The van der Waals surface area contributed by atoms with Crippen LogP contribution in [0.1, 0.15) is 45.6 Å². The Labute approximate surface area is 208 Å². The van der Waals surface area contributed by atoms with Gasteiger partial charge < -0.3 is 34.8 Å². The molecule has 10 nitrogen and oxygen atoms in total. The topological polar surface area (TPSA) is 129 Å². The molecule has 2 rings (SSSR count). The lowest BCUT2D eigenvalue weighted by atomic mass is 10.1. The highest BCUT2D eigenvalue weighted by molar-refractivity contribution is 5.75. The molecule has 0 unspecified atom stereocenters. The predicted molar refractivity (Wildman–Crippen MR) is 134 cm³/mol. The Bertz CT molecular complexity index is 855. The summed E-state index contributed by atoms with van der Waals surface area (Å²) in [5, 5.41) is 4.27. The van der Waals surface area contributed by atoms with Crippen molar-refractivity contribution in [3.8, 4) is 11.5 Å². The summed E-state index contributed by atoms with van der Waals surface area (Å²) in [5.74, 6) is 6.46. The van der Waals surface area contributed by atoms with Gasteiger partial charge in [-0.1, -0.05) is 0 Å². The van der Waals surface area contributed by atoms with E-state index in [1.54, 1.807) is 12.3 Å². The Balaban J connectivity index is 1.97. The van der Waals surface area contributed by atoms with Crippen molar-refractivity contribution < 1.29 is 28.3 Å². The van der Waals surface area contributed by atoms with Gasteiger partial charge in [0.05, 0.1) is 25.5 Å². The van der Waals surface area contributed by atoms with E-state index in [1.165, 1.54) is 11.9 Å². The summed E-state index contributed by atoms with van der Waals surface area (Å²) in [6.45, 7) is 12.0. The fourth-order valence-electron chi connectivity index (χ4n) is 4.05. The predicted octanol–water partition coefficient (Wildman–Crippen LogP) is 1.64. The van der Waals surface area contributed by atoms with Gasteiger partial charge in [-0.05, 0) is 44.9 Å². The van der Waals surface area contributed by atoms with Crippen molar-refractivity contribution in [2.45, 2.75) is 46.6 Å². The first-order chi connectivity index (χ1) is 16.8. The van der Waals surface area contributed by atoms with Gasteiger partial charge in [-0.2, -0.15) is 0 Å². The number of rotatable bonds is 14. The zero-order valence-electron chi connectivity index (χ0n) is 21.4. The molecule has 0 saturated carbocycles. The van der Waals surface area contributed by atoms with Crippen LogP contribution in [0.25, 0.3) is 0 Å². The number of esters is 1. The number of likely N-dealkylation sites (N-methyl/N-ethyl adjacent to an activating group) is 1. The molecule has 1 heterocycles. The zero-order chi connectivity index (χ0) is 25.7. The van der Waals surface area contributed by atoms with E-state index in [-0.39, 0.29) is 12.5 Å². The number of ether oxygens (including phenoxy) is 3. The summed E-state index contributed by atoms with van der Waals surface area (Å²) in [6, 6.07) is 5.65. The van der Waals surface area contributed by atoms with Crippen molar-refractivity contribution >= 4 is 11.9 Å². The minimum atomic E-state index is -0.419. The van der Waals surface area contributed by atoms with Crippen molar-refractivity contribution in [1.82, 2.24) is 10.3 Å². The average Bonchev–Trinajstić information content (AvgIpc) is 2.82. The minimum Gasteiger partial charge on any atom is -0.483 e. The third-order valence-electron chi connectivity index (χ3n) is 6.04. The molecule has 1 amide bonds. The van der Waals surface area contributed by atoms with E-state index >= 15 is 0 Å². The maximum absolute atomic E-state index is 11.6. The lowest BCUT2D eigenvalue weighted by Crippen LogP contribution is -2.54. The van der Waals surface area contributed by atoms with Crippen LogP contribution in [0.5, 0.6) is 11.5 Å². The molecule has 1 aromatic carbocycles. The van der Waals surface area contributed by atoms with Crippen LogP contribution >= 0.6 is 0 Å². The van der Waals surface area contributed by atoms with Crippen LogP contribution in [-0.4, -0.2) is 73.9 Å². The number of carbonyl (C=O) groups excluding carboxylic acids is 2. The van der Waals surface area contributed by atoms with Crippen molar-refractivity contribution in [3.63, 3.8) is 0 Å². The van der Waals surface area contributed by atoms with E-state index in [0.29, 0.717) is 36.7 Å². The molecule has 10 heteroatoms. The first kappa shape index (κ1) is 28.4. The van der Waals surface area contributed by atoms with Crippen LogP contribution in [0.4, 0.5) is 0 Å². The maximum atomic E-state index is 11.6. The Hall–Kier alpha value is -2.82. The minimum absolute atomic E-state index is 0.0471. The third-order valence-corrected chi connectivity index (χ3v) is 6.04. The second-order valence-corrected chi connectivity index (χ2v) is 8.89. The van der Waals surface area contributed by atoms with E-state index in [9.17, 15) is 9.59 Å². The van der Waals surface area contributed by atoms with Crippen LogP contribution in [0.2, 0.25) is 0 Å². The summed E-state index contributed by atoms with van der Waals surface area (Å²) in [7, 11) is 0. The van der Waals surface area contributed by atoms with E-state index in [4.69, 9.17) is 25.8 Å². The number of hydrogen-bond donors (Lipinski definition) is 3. The SMILES string of the molecule is CCNC(=O)CCCCN(N)/C=C(\N)COc1cc(C[N+]2(CC)CCOCC2)ccc1OC(C)=O. The number of nitrogens with two attached hydrogens (primary N) is 2. The third kappa shape index (κ3) is 10.1. The molecule has 1 aliphatic heterocycles. The molecule has 5 N–H and O–H groups in total. The molecule has 0 spiro atoms. The normalized spacial score (nSPS) is 15.4. The molecule has 35 heavy (non-hydrogen) atoms. The van der Waals surface area contributed by atoms with Gasteiger partial charge in [-0.25, -0.2) is 5.84 Å². The second-order valence-electron chi connectivity index (χ2n) is 8.89. The summed E-state index contributed by atoms with van der Waals surface area (Å²) in [4.78, 5) is 23.1. The van der Waals surface area contributed by atoms with E-state index in [0.717, 1.165) is 62.3 Å². The van der Waals surface area contributed by atoms with Crippen molar-refractivity contribution in [2.75, 3.05) is 52.5 Å². The fraction of sp³-hybridized carbons (Fsp3) is 0.600. The van der Waals surface area contributed by atoms with Gasteiger partial charge in [0.1, 0.15) is 26.2 Å². The van der Waals surface area contributed by atoms with Gasteiger partial charge in [0.2, 0.25) is 5.91 Å². The highest BCUT2D eigenvalue weighted by Crippen LogP contribution is 2.30. The molecular weight excluding hydrogens is 450 g/mol. The number of hydrogen-bond acceptors (Lipinski definition) is 8. The summed E-state index contributed by atoms with van der Waals surface area (Å²) in [5.41, 5.74) is 7.64. The summed E-state index contributed by atoms with van der Waals surface area (Å²) in [6.07, 6.45) is 3.60. The molecule has 0 aliphatic carbocycles. The first-order valence-electron chi connectivity index (χ1n) is 12.4. The number of carbonyl (C=O) groups is 2. The first-order valence-corrected chi connectivity index (χ1v) is 12.4. The number of morpholine rings is 1. The van der Waals surface area contributed by atoms with Crippen molar-refractivity contribution in [3.05, 3.63) is 35.7 Å². The molecule has 0 bridgehead atoms. The Kier molecular flexibility index (Phi) is 11.8. The number of benzene rings is 1. The molecule has 1 aliphatic rings. The average molecular weight is 493 g/mol. The highest BCUT2D eigenvalue weighted by Gasteiger charge is 2.29. The van der Waals surface area contributed by atoms with Gasteiger partial charge >= 0.3 is 5.97 Å². The molecule has 1 saturated heterocycles. The van der Waals surface area contributed by atoms with E-state index < -0.39 is 5.97 Å². The molecule has 1 fully saturated rings. The standard InChI is InChI=1S/C25H41N5O5/c1-4-28-25(32)8-6-7-11-29(27)17-22(26)19-34-24-16-21(9-10-23(24)35-20(3)31)18-30(5-2)12-14-33-15-13-30/h9-10,16-17H,4-8,11-15,18-19,26-27H2,1-3H3/p+1/b22-17-. The monoisotopic (exact) mass is 492 g/mol. The lowest BCUT2D eigenvalue weighted by Gasteiger charge is -2.40. The maximum Gasteiger partial charge on any atom is 0.308 e.